The monoisotopic (exact) mass is 220 g/mol. The van der Waals surface area contributed by atoms with Gasteiger partial charge in [0, 0.05) is 11.1 Å². The summed E-state index contributed by atoms with van der Waals surface area (Å²) in [6.45, 7) is 0. The Morgan fingerprint density at radius 2 is 1.19 bits per heavy atom. The predicted molar refractivity (Wildman–Crippen MR) is 56.4 cm³/mol. The minimum absolute atomic E-state index is 0.0273. The molecule has 0 amide bonds. The fourth-order valence-electron chi connectivity index (χ4n) is 1.76. The lowest BCUT2D eigenvalue weighted by molar-refractivity contribution is 1.15. The zero-order chi connectivity index (χ0) is 12.0. The lowest BCUT2D eigenvalue weighted by Gasteiger charge is -2.00. The van der Waals surface area contributed by atoms with E-state index in [1.807, 2.05) is 0 Å². The minimum atomic E-state index is -0.251. The second-order valence-corrected chi connectivity index (χ2v) is 3.28. The Morgan fingerprint density at radius 1 is 0.625 bits per heavy atom. The predicted octanol–water partition coefficient (Wildman–Crippen LogP) is -0.687. The van der Waals surface area contributed by atoms with E-state index in [1.54, 1.807) is 0 Å². The van der Waals surface area contributed by atoms with Gasteiger partial charge in [0.1, 0.15) is 5.70 Å². The van der Waals surface area contributed by atoms with Gasteiger partial charge in [0.25, 0.3) is 0 Å². The Kier molecular flexibility index (Phi) is 1.81. The quantitative estimate of drug-likeness (QED) is 0.450. The summed E-state index contributed by atoms with van der Waals surface area (Å²) in [5, 5.41) is 5.33. The zero-order valence-electron chi connectivity index (χ0n) is 8.02. The summed E-state index contributed by atoms with van der Waals surface area (Å²) in [6, 6.07) is 0. The minimum Gasteiger partial charge on any atom is -0.396 e. The van der Waals surface area contributed by atoms with E-state index < -0.39 is 0 Å². The smallest absolute Gasteiger partial charge is 0.161 e. The standard InChI is InChI=1S/C8H8N6O2/c9-3-1-2(4(10)6(3)12)7(13-15)8(14-16)5(1)11/h9-12H2. The van der Waals surface area contributed by atoms with Crippen LogP contribution in [0.5, 0.6) is 0 Å². The van der Waals surface area contributed by atoms with Crippen molar-refractivity contribution in [2.75, 3.05) is 0 Å². The second-order valence-electron chi connectivity index (χ2n) is 3.28. The summed E-state index contributed by atoms with van der Waals surface area (Å²) in [4.78, 5) is 21.2. The Balaban J connectivity index is 2.82. The van der Waals surface area contributed by atoms with Crippen molar-refractivity contribution >= 4 is 0 Å². The van der Waals surface area contributed by atoms with Crippen molar-refractivity contribution in [3.63, 3.8) is 0 Å². The average Bonchev–Trinajstić information content (AvgIpc) is 2.68. The maximum absolute atomic E-state index is 10.6. The first kappa shape index (κ1) is 9.90. The highest BCUT2D eigenvalue weighted by Crippen LogP contribution is 2.44. The molecule has 0 aliphatic heterocycles. The van der Waals surface area contributed by atoms with Gasteiger partial charge in [-0.3, -0.25) is 0 Å². The van der Waals surface area contributed by atoms with Crippen LogP contribution in [0.15, 0.2) is 55.7 Å². The Hall–Kier alpha value is -2.64. The van der Waals surface area contributed by atoms with Crippen LogP contribution in [-0.2, 0) is 0 Å². The van der Waals surface area contributed by atoms with Crippen molar-refractivity contribution in [3.8, 4) is 0 Å². The van der Waals surface area contributed by atoms with E-state index in [4.69, 9.17) is 22.9 Å². The molecule has 16 heavy (non-hydrogen) atoms. The molecule has 8 N–H and O–H groups in total. The van der Waals surface area contributed by atoms with Crippen molar-refractivity contribution in [1.82, 2.24) is 0 Å². The van der Waals surface area contributed by atoms with Crippen molar-refractivity contribution < 1.29 is 0 Å². The average molecular weight is 220 g/mol. The van der Waals surface area contributed by atoms with E-state index in [-0.39, 0.29) is 45.3 Å². The summed E-state index contributed by atoms with van der Waals surface area (Å²) in [6.07, 6.45) is 0. The molecule has 0 spiro atoms. The number of allylic oxidation sites excluding steroid dienone is 2. The maximum atomic E-state index is 10.6. The molecule has 0 aromatic heterocycles. The molecule has 0 saturated carbocycles. The lowest BCUT2D eigenvalue weighted by atomic mass is 10.1. The molecule has 8 heteroatoms. The molecule has 0 bridgehead atoms. The Bertz CT molecular complexity index is 551. The summed E-state index contributed by atoms with van der Waals surface area (Å²) < 4.78 is 0. The van der Waals surface area contributed by atoms with Crippen molar-refractivity contribution in [2.45, 2.75) is 0 Å². The molecule has 0 atom stereocenters. The van der Waals surface area contributed by atoms with E-state index in [0.29, 0.717) is 0 Å². The van der Waals surface area contributed by atoms with Gasteiger partial charge in [-0.15, -0.1) is 9.81 Å². The summed E-state index contributed by atoms with van der Waals surface area (Å²) in [5.41, 5.74) is 22.8. The van der Waals surface area contributed by atoms with Gasteiger partial charge in [-0.25, -0.2) is 0 Å². The fraction of sp³-hybridized carbons (Fsp3) is 0. The summed E-state index contributed by atoms with van der Waals surface area (Å²) >= 11 is 0. The van der Waals surface area contributed by atoms with E-state index in [9.17, 15) is 9.81 Å². The number of fused-ring (bicyclic) bond motifs is 1. The van der Waals surface area contributed by atoms with Crippen molar-refractivity contribution in [1.29, 1.82) is 0 Å². The van der Waals surface area contributed by atoms with Crippen LogP contribution in [0.25, 0.3) is 0 Å². The van der Waals surface area contributed by atoms with Gasteiger partial charge in [-0.05, 0) is 10.4 Å². The first-order valence-electron chi connectivity index (χ1n) is 4.22. The van der Waals surface area contributed by atoms with Gasteiger partial charge in [-0.2, -0.15) is 0 Å². The molecule has 0 fully saturated rings. The van der Waals surface area contributed by atoms with Crippen LogP contribution in [0, 0.1) is 9.81 Å². The molecule has 0 aromatic rings. The topological polar surface area (TPSA) is 163 Å². The van der Waals surface area contributed by atoms with Crippen LogP contribution in [0.3, 0.4) is 0 Å². The first-order valence-corrected chi connectivity index (χ1v) is 4.22. The molecule has 0 aromatic carbocycles. The molecule has 8 nitrogen and oxygen atoms in total. The van der Waals surface area contributed by atoms with Crippen LogP contribution < -0.4 is 22.9 Å². The third-order valence-electron chi connectivity index (χ3n) is 2.54. The SMILES string of the molecule is NC1=C(N)C2=C(N=O)C(N=O)=C(N)C2=C1N. The highest BCUT2D eigenvalue weighted by molar-refractivity contribution is 5.75. The molecule has 0 unspecified atom stereocenters. The summed E-state index contributed by atoms with van der Waals surface area (Å²) in [5.74, 6) is 0. The van der Waals surface area contributed by atoms with Gasteiger partial charge in [0.15, 0.2) is 5.70 Å². The second kappa shape index (κ2) is 2.92. The molecule has 0 radical (unpaired) electrons. The third-order valence-corrected chi connectivity index (χ3v) is 2.54. The van der Waals surface area contributed by atoms with Crippen molar-refractivity contribution in [3.05, 3.63) is 55.1 Å². The van der Waals surface area contributed by atoms with E-state index in [2.05, 4.69) is 10.4 Å². The molecule has 2 aliphatic rings. The van der Waals surface area contributed by atoms with Gasteiger partial charge in [0.2, 0.25) is 0 Å². The van der Waals surface area contributed by atoms with Gasteiger partial charge in [0.05, 0.1) is 22.8 Å². The first-order chi connectivity index (χ1) is 7.54. The Labute approximate surface area is 89.3 Å². The van der Waals surface area contributed by atoms with Gasteiger partial charge in [-0.1, -0.05) is 0 Å². The normalized spacial score (nSPS) is 19.8. The van der Waals surface area contributed by atoms with E-state index in [1.165, 1.54) is 0 Å². The number of hydrogen-bond donors (Lipinski definition) is 4. The fourth-order valence-corrected chi connectivity index (χ4v) is 1.76. The highest BCUT2D eigenvalue weighted by atomic mass is 16.3. The number of hydrogen-bond acceptors (Lipinski definition) is 8. The lowest BCUT2D eigenvalue weighted by Crippen LogP contribution is -2.13. The molecular formula is C8H8N6O2. The van der Waals surface area contributed by atoms with Crippen LogP contribution >= 0.6 is 0 Å². The van der Waals surface area contributed by atoms with E-state index in [0.717, 1.165) is 0 Å². The molecule has 82 valence electrons. The van der Waals surface area contributed by atoms with Gasteiger partial charge >= 0.3 is 0 Å². The Morgan fingerprint density at radius 3 is 1.69 bits per heavy atom. The third kappa shape index (κ3) is 0.874. The molecule has 2 aliphatic carbocycles. The largest absolute Gasteiger partial charge is 0.396 e. The number of rotatable bonds is 2. The van der Waals surface area contributed by atoms with E-state index >= 15 is 0 Å². The van der Waals surface area contributed by atoms with Crippen LogP contribution in [-0.4, -0.2) is 0 Å². The maximum Gasteiger partial charge on any atom is 0.161 e. The molecule has 0 saturated heterocycles. The van der Waals surface area contributed by atoms with Crippen LogP contribution in [0.4, 0.5) is 0 Å². The van der Waals surface area contributed by atoms with Crippen LogP contribution in [0.1, 0.15) is 0 Å². The number of nitrogens with two attached hydrogens (primary N) is 4. The van der Waals surface area contributed by atoms with Crippen molar-refractivity contribution in [2.24, 2.45) is 33.3 Å². The summed E-state index contributed by atoms with van der Waals surface area (Å²) in [7, 11) is 0. The number of nitrogens with zero attached hydrogens (tertiary/aromatic N) is 2. The molecular weight excluding hydrogens is 212 g/mol. The van der Waals surface area contributed by atoms with Crippen LogP contribution in [0.2, 0.25) is 0 Å². The molecule has 2 rings (SSSR count). The number of nitroso groups, excluding NO2 is 2. The molecule has 0 heterocycles. The highest BCUT2D eigenvalue weighted by Gasteiger charge is 2.38. The van der Waals surface area contributed by atoms with Gasteiger partial charge < -0.3 is 22.9 Å². The zero-order valence-corrected chi connectivity index (χ0v) is 8.02.